The third-order valence-electron chi connectivity index (χ3n) is 4.05. The van der Waals surface area contributed by atoms with Gasteiger partial charge in [-0.2, -0.15) is 0 Å². The maximum Gasteiger partial charge on any atom is 0.314 e. The van der Waals surface area contributed by atoms with Gasteiger partial charge in [0.2, 0.25) is 0 Å². The van der Waals surface area contributed by atoms with E-state index < -0.39 is 11.4 Å². The number of halogens is 1. The van der Waals surface area contributed by atoms with E-state index in [9.17, 15) is 9.90 Å². The Bertz CT molecular complexity index is 439. The van der Waals surface area contributed by atoms with Crippen molar-refractivity contribution in [3.05, 3.63) is 34.3 Å². The molecule has 0 atom stereocenters. The summed E-state index contributed by atoms with van der Waals surface area (Å²) in [5, 5.41) is 12.9. The van der Waals surface area contributed by atoms with E-state index in [1.807, 2.05) is 31.3 Å². The molecule has 2 rings (SSSR count). The van der Waals surface area contributed by atoms with Crippen molar-refractivity contribution in [1.82, 2.24) is 5.32 Å². The largest absolute Gasteiger partial charge is 0.481 e. The molecule has 1 saturated carbocycles. The number of carboxylic acids is 1. The molecule has 0 heterocycles. The van der Waals surface area contributed by atoms with Crippen LogP contribution in [0.1, 0.15) is 31.2 Å². The number of hydrogen-bond acceptors (Lipinski definition) is 2. The second kappa shape index (κ2) is 5.41. The standard InChI is InChI=1S/C14H18BrNO2/c1-16-10-6-8-14(9-7-10,13(17)18)11-4-2-3-5-12(11)15/h2-5,10,16H,6-9H2,1H3,(H,17,18). The third-order valence-corrected chi connectivity index (χ3v) is 4.74. The molecule has 0 bridgehead atoms. The van der Waals surface area contributed by atoms with E-state index in [0.29, 0.717) is 18.9 Å². The molecule has 0 unspecified atom stereocenters. The summed E-state index contributed by atoms with van der Waals surface area (Å²) in [7, 11) is 1.94. The van der Waals surface area contributed by atoms with Crippen molar-refractivity contribution >= 4 is 21.9 Å². The van der Waals surface area contributed by atoms with Crippen molar-refractivity contribution in [3.63, 3.8) is 0 Å². The van der Waals surface area contributed by atoms with Gasteiger partial charge in [-0.15, -0.1) is 0 Å². The molecule has 0 radical (unpaired) electrons. The van der Waals surface area contributed by atoms with E-state index in [4.69, 9.17) is 0 Å². The summed E-state index contributed by atoms with van der Waals surface area (Å²) in [6, 6.07) is 8.12. The predicted octanol–water partition coefficient (Wildman–Crippen LogP) is 2.93. The zero-order valence-corrected chi connectivity index (χ0v) is 12.0. The minimum Gasteiger partial charge on any atom is -0.481 e. The van der Waals surface area contributed by atoms with Gasteiger partial charge < -0.3 is 10.4 Å². The van der Waals surface area contributed by atoms with E-state index in [1.54, 1.807) is 0 Å². The quantitative estimate of drug-likeness (QED) is 0.902. The number of aliphatic carboxylic acids is 1. The van der Waals surface area contributed by atoms with E-state index in [-0.39, 0.29) is 0 Å². The summed E-state index contributed by atoms with van der Waals surface area (Å²) >= 11 is 3.49. The number of nitrogens with one attached hydrogen (secondary N) is 1. The van der Waals surface area contributed by atoms with E-state index in [1.165, 1.54) is 0 Å². The Morgan fingerprint density at radius 1 is 1.39 bits per heavy atom. The van der Waals surface area contributed by atoms with E-state index >= 15 is 0 Å². The molecule has 1 aliphatic rings. The maximum absolute atomic E-state index is 11.8. The van der Waals surface area contributed by atoms with Gasteiger partial charge in [-0.05, 0) is 44.4 Å². The molecule has 1 fully saturated rings. The first kappa shape index (κ1) is 13.6. The van der Waals surface area contributed by atoms with Gasteiger partial charge in [0.1, 0.15) is 0 Å². The zero-order chi connectivity index (χ0) is 13.2. The summed E-state index contributed by atoms with van der Waals surface area (Å²) in [5.74, 6) is -0.705. The highest BCUT2D eigenvalue weighted by atomic mass is 79.9. The molecule has 3 nitrogen and oxygen atoms in total. The molecule has 1 aliphatic carbocycles. The van der Waals surface area contributed by atoms with Gasteiger partial charge in [0.25, 0.3) is 0 Å². The summed E-state index contributed by atoms with van der Waals surface area (Å²) in [6.45, 7) is 0. The highest BCUT2D eigenvalue weighted by molar-refractivity contribution is 9.10. The van der Waals surface area contributed by atoms with Crippen molar-refractivity contribution in [2.75, 3.05) is 7.05 Å². The second-order valence-electron chi connectivity index (χ2n) is 4.93. The average molecular weight is 312 g/mol. The van der Waals surface area contributed by atoms with Crippen LogP contribution in [0, 0.1) is 0 Å². The first-order chi connectivity index (χ1) is 8.60. The normalized spacial score (nSPS) is 28.0. The van der Waals surface area contributed by atoms with Crippen LogP contribution in [0.5, 0.6) is 0 Å². The van der Waals surface area contributed by atoms with Crippen LogP contribution in [-0.2, 0) is 10.2 Å². The van der Waals surface area contributed by atoms with Gasteiger partial charge >= 0.3 is 5.97 Å². The van der Waals surface area contributed by atoms with Crippen LogP contribution in [0.15, 0.2) is 28.7 Å². The van der Waals surface area contributed by atoms with Crippen LogP contribution in [0.4, 0.5) is 0 Å². The van der Waals surface area contributed by atoms with Crippen molar-refractivity contribution in [2.45, 2.75) is 37.1 Å². The molecule has 0 aliphatic heterocycles. The number of hydrogen-bond donors (Lipinski definition) is 2. The summed E-state index contributed by atoms with van der Waals surface area (Å²) in [4.78, 5) is 11.8. The van der Waals surface area contributed by atoms with E-state index in [0.717, 1.165) is 22.9 Å². The van der Waals surface area contributed by atoms with Crippen LogP contribution < -0.4 is 5.32 Å². The minimum absolute atomic E-state index is 0.444. The molecule has 4 heteroatoms. The first-order valence-corrected chi connectivity index (χ1v) is 7.05. The Hall–Kier alpha value is -0.870. The van der Waals surface area contributed by atoms with Crippen LogP contribution in [0.25, 0.3) is 0 Å². The average Bonchev–Trinajstić information content (AvgIpc) is 2.39. The Morgan fingerprint density at radius 2 is 2.00 bits per heavy atom. The van der Waals surface area contributed by atoms with Crippen LogP contribution in [0.2, 0.25) is 0 Å². The fourth-order valence-corrected chi connectivity index (χ4v) is 3.51. The number of rotatable bonds is 3. The van der Waals surface area contributed by atoms with Crippen molar-refractivity contribution in [2.24, 2.45) is 0 Å². The number of benzene rings is 1. The number of carbonyl (C=O) groups is 1. The fraction of sp³-hybridized carbons (Fsp3) is 0.500. The molecule has 98 valence electrons. The van der Waals surface area contributed by atoms with Crippen LogP contribution in [0.3, 0.4) is 0 Å². The molecule has 0 amide bonds. The maximum atomic E-state index is 11.8. The van der Waals surface area contributed by atoms with Gasteiger partial charge in [0.15, 0.2) is 0 Å². The molecule has 0 saturated heterocycles. The van der Waals surface area contributed by atoms with E-state index in [2.05, 4.69) is 21.2 Å². The molecule has 0 aromatic heterocycles. The van der Waals surface area contributed by atoms with Gasteiger partial charge in [0.05, 0.1) is 5.41 Å². The Labute approximate surface area is 116 Å². The lowest BCUT2D eigenvalue weighted by Gasteiger charge is -2.37. The molecular formula is C14H18BrNO2. The van der Waals surface area contributed by atoms with Gasteiger partial charge in [-0.25, -0.2) is 0 Å². The summed E-state index contributed by atoms with van der Waals surface area (Å²) < 4.78 is 0.898. The molecule has 2 N–H and O–H groups in total. The van der Waals surface area contributed by atoms with Crippen molar-refractivity contribution in [1.29, 1.82) is 0 Å². The highest BCUT2D eigenvalue weighted by Crippen LogP contribution is 2.42. The monoisotopic (exact) mass is 311 g/mol. The first-order valence-electron chi connectivity index (χ1n) is 6.26. The Balaban J connectivity index is 2.35. The summed E-state index contributed by atoms with van der Waals surface area (Å²) in [5.41, 5.74) is 0.181. The predicted molar refractivity (Wildman–Crippen MR) is 74.8 cm³/mol. The van der Waals surface area contributed by atoms with Gasteiger partial charge in [0, 0.05) is 10.5 Å². The second-order valence-corrected chi connectivity index (χ2v) is 5.78. The van der Waals surface area contributed by atoms with Crippen LogP contribution >= 0.6 is 15.9 Å². The summed E-state index contributed by atoms with van der Waals surface area (Å²) in [6.07, 6.45) is 3.20. The van der Waals surface area contributed by atoms with Gasteiger partial charge in [-0.3, -0.25) is 4.79 Å². The lowest BCUT2D eigenvalue weighted by atomic mass is 9.68. The zero-order valence-electron chi connectivity index (χ0n) is 10.4. The minimum atomic E-state index is -0.729. The lowest BCUT2D eigenvalue weighted by molar-refractivity contribution is -0.145. The van der Waals surface area contributed by atoms with Crippen molar-refractivity contribution < 1.29 is 9.90 Å². The molecular weight excluding hydrogens is 294 g/mol. The molecule has 1 aromatic carbocycles. The molecule has 0 spiro atoms. The Morgan fingerprint density at radius 3 is 2.50 bits per heavy atom. The highest BCUT2D eigenvalue weighted by Gasteiger charge is 2.44. The van der Waals surface area contributed by atoms with Crippen LogP contribution in [-0.4, -0.2) is 24.2 Å². The smallest absolute Gasteiger partial charge is 0.314 e. The lowest BCUT2D eigenvalue weighted by Crippen LogP contribution is -2.43. The Kier molecular flexibility index (Phi) is 4.07. The van der Waals surface area contributed by atoms with Crippen molar-refractivity contribution in [3.8, 4) is 0 Å². The topological polar surface area (TPSA) is 49.3 Å². The SMILES string of the molecule is CNC1CCC(C(=O)O)(c2ccccc2Br)CC1. The molecule has 1 aromatic rings. The van der Waals surface area contributed by atoms with Gasteiger partial charge in [-0.1, -0.05) is 34.1 Å². The molecule has 18 heavy (non-hydrogen) atoms. The third kappa shape index (κ3) is 2.31. The number of carboxylic acid groups (broad SMARTS) is 1. The fourth-order valence-electron chi connectivity index (χ4n) is 2.85.